The Bertz CT molecular complexity index is 471. The Balaban J connectivity index is 2.51. The number of hydroxylamine groups is 1. The molecule has 0 radical (unpaired) electrons. The summed E-state index contributed by atoms with van der Waals surface area (Å²) in [6.45, 7) is 0.582. The first-order valence-corrected chi connectivity index (χ1v) is 4.64. The monoisotopic (exact) mass is 204 g/mol. The van der Waals surface area contributed by atoms with Crippen molar-refractivity contribution in [2.75, 3.05) is 7.11 Å². The predicted octanol–water partition coefficient (Wildman–Crippen LogP) is 1.59. The third kappa shape index (κ3) is 1.91. The fourth-order valence-electron chi connectivity index (χ4n) is 1.52. The molecule has 0 aliphatic heterocycles. The number of fused-ring (bicyclic) bond motifs is 1. The van der Waals surface area contributed by atoms with E-state index in [1.54, 1.807) is 19.4 Å². The highest BCUT2D eigenvalue weighted by Crippen LogP contribution is 2.25. The molecule has 0 saturated carbocycles. The molecule has 0 unspecified atom stereocenters. The zero-order valence-electron chi connectivity index (χ0n) is 8.40. The quantitative estimate of drug-likeness (QED) is 0.745. The van der Waals surface area contributed by atoms with Crippen LogP contribution in [0.2, 0.25) is 0 Å². The second kappa shape index (κ2) is 4.25. The fourth-order valence-corrected chi connectivity index (χ4v) is 1.52. The molecule has 0 aliphatic carbocycles. The van der Waals surface area contributed by atoms with Crippen molar-refractivity contribution >= 4 is 10.9 Å². The zero-order valence-corrected chi connectivity index (χ0v) is 8.40. The molecule has 0 saturated heterocycles. The van der Waals surface area contributed by atoms with Crippen molar-refractivity contribution in [3.8, 4) is 5.75 Å². The van der Waals surface area contributed by atoms with Crippen molar-refractivity contribution in [3.05, 3.63) is 36.0 Å². The summed E-state index contributed by atoms with van der Waals surface area (Å²) in [6.07, 6.45) is 1.66. The SMILES string of the molecule is CONCc1ccc(O)c2ncccc12. The van der Waals surface area contributed by atoms with Gasteiger partial charge in [0.05, 0.1) is 7.11 Å². The molecular formula is C11H12N2O2. The fraction of sp³-hybridized carbons (Fsp3) is 0.182. The Morgan fingerprint density at radius 2 is 2.27 bits per heavy atom. The number of phenolic OH excluding ortho intramolecular Hbond substituents is 1. The normalized spacial score (nSPS) is 10.7. The summed E-state index contributed by atoms with van der Waals surface area (Å²) in [7, 11) is 1.57. The van der Waals surface area contributed by atoms with Crippen LogP contribution in [-0.2, 0) is 11.4 Å². The van der Waals surface area contributed by atoms with Crippen LogP contribution in [0, 0.1) is 0 Å². The van der Waals surface area contributed by atoms with Crippen molar-refractivity contribution in [2.45, 2.75) is 6.54 Å². The minimum absolute atomic E-state index is 0.201. The van der Waals surface area contributed by atoms with Crippen LogP contribution in [0.3, 0.4) is 0 Å². The summed E-state index contributed by atoms with van der Waals surface area (Å²) in [5.41, 5.74) is 4.42. The second-order valence-electron chi connectivity index (χ2n) is 3.17. The van der Waals surface area contributed by atoms with Gasteiger partial charge in [-0.25, -0.2) is 0 Å². The molecule has 4 heteroatoms. The molecule has 0 fully saturated rings. The third-order valence-corrected chi connectivity index (χ3v) is 2.25. The summed E-state index contributed by atoms with van der Waals surface area (Å²) in [6, 6.07) is 7.26. The van der Waals surface area contributed by atoms with Crippen molar-refractivity contribution in [3.63, 3.8) is 0 Å². The average molecular weight is 204 g/mol. The molecule has 4 nitrogen and oxygen atoms in total. The molecule has 0 aliphatic rings. The van der Waals surface area contributed by atoms with E-state index in [2.05, 4.69) is 10.5 Å². The lowest BCUT2D eigenvalue weighted by molar-refractivity contribution is 0.0870. The van der Waals surface area contributed by atoms with Crippen LogP contribution >= 0.6 is 0 Å². The van der Waals surface area contributed by atoms with E-state index in [1.165, 1.54) is 0 Å². The molecule has 1 aromatic carbocycles. The molecule has 0 amide bonds. The van der Waals surface area contributed by atoms with Crippen molar-refractivity contribution in [2.24, 2.45) is 0 Å². The molecule has 2 aromatic rings. The topological polar surface area (TPSA) is 54.4 Å². The summed E-state index contributed by atoms with van der Waals surface area (Å²) in [4.78, 5) is 8.92. The lowest BCUT2D eigenvalue weighted by Gasteiger charge is -2.07. The van der Waals surface area contributed by atoms with Crippen LogP contribution in [0.25, 0.3) is 10.9 Å². The Hall–Kier alpha value is -1.65. The summed E-state index contributed by atoms with van der Waals surface area (Å²) in [5.74, 6) is 0.201. The molecule has 15 heavy (non-hydrogen) atoms. The highest BCUT2D eigenvalue weighted by molar-refractivity contribution is 5.87. The zero-order chi connectivity index (χ0) is 10.7. The van der Waals surface area contributed by atoms with Crippen molar-refractivity contribution in [1.82, 2.24) is 10.5 Å². The molecule has 1 heterocycles. The first-order chi connectivity index (χ1) is 7.33. The van der Waals surface area contributed by atoms with Crippen LogP contribution < -0.4 is 5.48 Å². The Morgan fingerprint density at radius 1 is 1.40 bits per heavy atom. The maximum absolute atomic E-state index is 9.61. The van der Waals surface area contributed by atoms with Gasteiger partial charge >= 0.3 is 0 Å². The van der Waals surface area contributed by atoms with Gasteiger partial charge in [-0.15, -0.1) is 0 Å². The number of hydrogen-bond acceptors (Lipinski definition) is 4. The minimum atomic E-state index is 0.201. The number of pyridine rings is 1. The highest BCUT2D eigenvalue weighted by Gasteiger charge is 2.04. The summed E-state index contributed by atoms with van der Waals surface area (Å²) in [5, 5.41) is 10.5. The molecule has 78 valence electrons. The summed E-state index contributed by atoms with van der Waals surface area (Å²) >= 11 is 0. The van der Waals surface area contributed by atoms with Crippen LogP contribution in [0.5, 0.6) is 5.75 Å². The van der Waals surface area contributed by atoms with Gasteiger partial charge in [0.1, 0.15) is 11.3 Å². The van der Waals surface area contributed by atoms with Crippen LogP contribution in [0.15, 0.2) is 30.5 Å². The van der Waals surface area contributed by atoms with Gasteiger partial charge in [-0.1, -0.05) is 12.1 Å². The number of aromatic nitrogens is 1. The third-order valence-electron chi connectivity index (χ3n) is 2.25. The minimum Gasteiger partial charge on any atom is -0.506 e. The van der Waals surface area contributed by atoms with Crippen molar-refractivity contribution < 1.29 is 9.94 Å². The Morgan fingerprint density at radius 3 is 3.07 bits per heavy atom. The molecule has 2 N–H and O–H groups in total. The largest absolute Gasteiger partial charge is 0.506 e. The van der Waals surface area contributed by atoms with Crippen molar-refractivity contribution in [1.29, 1.82) is 0 Å². The number of aromatic hydroxyl groups is 1. The van der Waals surface area contributed by atoms with Gasteiger partial charge in [-0.2, -0.15) is 5.48 Å². The van der Waals surface area contributed by atoms with E-state index < -0.39 is 0 Å². The predicted molar refractivity (Wildman–Crippen MR) is 57.3 cm³/mol. The second-order valence-corrected chi connectivity index (χ2v) is 3.17. The molecule has 0 atom stereocenters. The maximum Gasteiger partial charge on any atom is 0.141 e. The van der Waals surface area contributed by atoms with Crippen LogP contribution in [0.1, 0.15) is 5.56 Å². The first-order valence-electron chi connectivity index (χ1n) is 4.64. The maximum atomic E-state index is 9.61. The number of benzene rings is 1. The molecule has 0 bridgehead atoms. The molecule has 1 aromatic heterocycles. The highest BCUT2D eigenvalue weighted by atomic mass is 16.6. The van der Waals surface area contributed by atoms with E-state index >= 15 is 0 Å². The first kappa shape index (κ1) is 9.89. The van der Waals surface area contributed by atoms with E-state index in [1.807, 2.05) is 18.2 Å². The van der Waals surface area contributed by atoms with E-state index in [0.717, 1.165) is 10.9 Å². The van der Waals surface area contributed by atoms with Gasteiger partial charge in [0.2, 0.25) is 0 Å². The Kier molecular flexibility index (Phi) is 2.80. The lowest BCUT2D eigenvalue weighted by atomic mass is 10.1. The van der Waals surface area contributed by atoms with E-state index in [-0.39, 0.29) is 5.75 Å². The number of nitrogens with zero attached hydrogens (tertiary/aromatic N) is 1. The number of hydrogen-bond donors (Lipinski definition) is 2. The van der Waals surface area contributed by atoms with Crippen LogP contribution in [0.4, 0.5) is 0 Å². The molecule has 2 rings (SSSR count). The average Bonchev–Trinajstić information content (AvgIpc) is 2.29. The lowest BCUT2D eigenvalue weighted by Crippen LogP contribution is -2.10. The standard InChI is InChI=1S/C11H12N2O2/c1-15-13-7-8-4-5-10(14)11-9(8)3-2-6-12-11/h2-6,13-14H,7H2,1H3. The van der Waals surface area contributed by atoms with E-state index in [9.17, 15) is 5.11 Å². The Labute approximate surface area is 87.5 Å². The van der Waals surface area contributed by atoms with Gasteiger partial charge in [0.25, 0.3) is 0 Å². The smallest absolute Gasteiger partial charge is 0.141 e. The number of phenols is 1. The van der Waals surface area contributed by atoms with Crippen LogP contribution in [-0.4, -0.2) is 17.2 Å². The van der Waals surface area contributed by atoms with E-state index in [4.69, 9.17) is 4.84 Å². The number of rotatable bonds is 3. The van der Waals surface area contributed by atoms with E-state index in [0.29, 0.717) is 12.1 Å². The molecule has 0 spiro atoms. The van der Waals surface area contributed by atoms with Gasteiger partial charge in [-0.05, 0) is 17.7 Å². The van der Waals surface area contributed by atoms with Gasteiger partial charge in [-0.3, -0.25) is 4.98 Å². The van der Waals surface area contributed by atoms with Gasteiger partial charge in [0, 0.05) is 18.1 Å². The molecular weight excluding hydrogens is 192 g/mol. The number of nitrogens with one attached hydrogen (secondary N) is 1. The van der Waals surface area contributed by atoms with Gasteiger partial charge in [0.15, 0.2) is 0 Å². The van der Waals surface area contributed by atoms with Gasteiger partial charge < -0.3 is 9.94 Å². The summed E-state index contributed by atoms with van der Waals surface area (Å²) < 4.78 is 0.